The van der Waals surface area contributed by atoms with Gasteiger partial charge in [0.1, 0.15) is 5.56 Å². The molecule has 1 aromatic carbocycles. The lowest BCUT2D eigenvalue weighted by atomic mass is 10.1. The van der Waals surface area contributed by atoms with E-state index in [1.807, 2.05) is 51.1 Å². The maximum atomic E-state index is 12.3. The van der Waals surface area contributed by atoms with Crippen molar-refractivity contribution in [3.8, 4) is 0 Å². The SMILES string of the molecule is CCc1cc(C(=O)N[C@H](C)c2ccccc2)c(=O)[nH]c1C. The number of aryl methyl sites for hydroxylation is 2. The Morgan fingerprint density at radius 2 is 1.95 bits per heavy atom. The van der Waals surface area contributed by atoms with Crippen molar-refractivity contribution >= 4 is 5.91 Å². The Kier molecular flexibility index (Phi) is 4.58. The van der Waals surface area contributed by atoms with Gasteiger partial charge in [-0.1, -0.05) is 37.3 Å². The van der Waals surface area contributed by atoms with Gasteiger partial charge in [0.2, 0.25) is 0 Å². The molecular formula is C17H20N2O2. The van der Waals surface area contributed by atoms with Crippen LogP contribution in [-0.2, 0) is 6.42 Å². The highest BCUT2D eigenvalue weighted by Gasteiger charge is 2.15. The summed E-state index contributed by atoms with van der Waals surface area (Å²) >= 11 is 0. The van der Waals surface area contributed by atoms with Gasteiger partial charge in [-0.3, -0.25) is 9.59 Å². The molecular weight excluding hydrogens is 264 g/mol. The molecule has 1 atom stereocenters. The molecule has 0 fully saturated rings. The number of rotatable bonds is 4. The molecule has 0 radical (unpaired) electrons. The third kappa shape index (κ3) is 3.40. The summed E-state index contributed by atoms with van der Waals surface area (Å²) < 4.78 is 0. The largest absolute Gasteiger partial charge is 0.345 e. The quantitative estimate of drug-likeness (QED) is 0.906. The molecule has 0 saturated heterocycles. The Bertz CT molecular complexity index is 690. The second-order valence-corrected chi connectivity index (χ2v) is 5.12. The van der Waals surface area contributed by atoms with Gasteiger partial charge >= 0.3 is 0 Å². The van der Waals surface area contributed by atoms with E-state index in [0.717, 1.165) is 23.2 Å². The standard InChI is InChI=1S/C17H20N2O2/c1-4-13-10-15(16(20)18-11(13)2)17(21)19-12(3)14-8-6-5-7-9-14/h5-10,12H,4H2,1-3H3,(H,18,20)(H,19,21)/t12-/m1/s1. The van der Waals surface area contributed by atoms with E-state index >= 15 is 0 Å². The van der Waals surface area contributed by atoms with Crippen LogP contribution in [0.2, 0.25) is 0 Å². The lowest BCUT2D eigenvalue weighted by Crippen LogP contribution is -2.32. The Balaban J connectivity index is 2.23. The second-order valence-electron chi connectivity index (χ2n) is 5.12. The molecule has 0 aliphatic carbocycles. The fourth-order valence-electron chi connectivity index (χ4n) is 2.30. The Morgan fingerprint density at radius 3 is 2.57 bits per heavy atom. The fourth-order valence-corrected chi connectivity index (χ4v) is 2.30. The van der Waals surface area contributed by atoms with Crippen LogP contribution in [0.25, 0.3) is 0 Å². The molecule has 0 aliphatic heterocycles. The summed E-state index contributed by atoms with van der Waals surface area (Å²) in [5, 5.41) is 2.87. The second kappa shape index (κ2) is 6.39. The van der Waals surface area contributed by atoms with Gasteiger partial charge in [-0.2, -0.15) is 0 Å². The minimum Gasteiger partial charge on any atom is -0.345 e. The van der Waals surface area contributed by atoms with Crippen LogP contribution in [0.5, 0.6) is 0 Å². The average molecular weight is 284 g/mol. The number of benzene rings is 1. The van der Waals surface area contributed by atoms with Crippen molar-refractivity contribution in [2.75, 3.05) is 0 Å². The van der Waals surface area contributed by atoms with Crippen LogP contribution in [-0.4, -0.2) is 10.9 Å². The molecule has 21 heavy (non-hydrogen) atoms. The Morgan fingerprint density at radius 1 is 1.29 bits per heavy atom. The lowest BCUT2D eigenvalue weighted by Gasteiger charge is -2.14. The first kappa shape index (κ1) is 15.0. The van der Waals surface area contributed by atoms with E-state index in [0.29, 0.717) is 0 Å². The number of carbonyl (C=O) groups excluding carboxylic acids is 1. The first-order chi connectivity index (χ1) is 10.0. The predicted molar refractivity (Wildman–Crippen MR) is 83.5 cm³/mol. The minimum absolute atomic E-state index is 0.149. The predicted octanol–water partition coefficient (Wildman–Crippen LogP) is 2.74. The average Bonchev–Trinajstić information content (AvgIpc) is 2.48. The van der Waals surface area contributed by atoms with E-state index in [9.17, 15) is 9.59 Å². The van der Waals surface area contributed by atoms with E-state index in [4.69, 9.17) is 0 Å². The highest BCUT2D eigenvalue weighted by Crippen LogP contribution is 2.12. The van der Waals surface area contributed by atoms with Crippen LogP contribution >= 0.6 is 0 Å². The van der Waals surface area contributed by atoms with Crippen molar-refractivity contribution in [3.05, 3.63) is 69.1 Å². The number of pyridine rings is 1. The van der Waals surface area contributed by atoms with Crippen LogP contribution in [0.4, 0.5) is 0 Å². The number of H-pyrrole nitrogens is 1. The van der Waals surface area contributed by atoms with Gasteiger partial charge < -0.3 is 10.3 Å². The summed E-state index contributed by atoms with van der Waals surface area (Å²) in [6.45, 7) is 5.74. The fraction of sp³-hybridized carbons (Fsp3) is 0.294. The monoisotopic (exact) mass is 284 g/mol. The summed E-state index contributed by atoms with van der Waals surface area (Å²) in [5.74, 6) is -0.345. The number of amides is 1. The van der Waals surface area contributed by atoms with Crippen molar-refractivity contribution in [1.29, 1.82) is 0 Å². The van der Waals surface area contributed by atoms with Gasteiger partial charge in [0, 0.05) is 5.69 Å². The van der Waals surface area contributed by atoms with Gasteiger partial charge in [-0.15, -0.1) is 0 Å². The maximum absolute atomic E-state index is 12.3. The third-order valence-corrected chi connectivity index (χ3v) is 3.62. The third-order valence-electron chi connectivity index (χ3n) is 3.62. The molecule has 0 aliphatic rings. The zero-order valence-electron chi connectivity index (χ0n) is 12.6. The van der Waals surface area contributed by atoms with Crippen molar-refractivity contribution < 1.29 is 4.79 Å². The molecule has 110 valence electrons. The molecule has 4 nitrogen and oxygen atoms in total. The lowest BCUT2D eigenvalue weighted by molar-refractivity contribution is 0.0938. The summed E-state index contributed by atoms with van der Waals surface area (Å²) in [7, 11) is 0. The minimum atomic E-state index is -0.345. The first-order valence-corrected chi connectivity index (χ1v) is 7.11. The first-order valence-electron chi connectivity index (χ1n) is 7.11. The van der Waals surface area contributed by atoms with E-state index in [-0.39, 0.29) is 23.1 Å². The van der Waals surface area contributed by atoms with Gasteiger partial charge in [0.05, 0.1) is 6.04 Å². The number of hydrogen-bond donors (Lipinski definition) is 2. The smallest absolute Gasteiger partial charge is 0.261 e. The topological polar surface area (TPSA) is 62.0 Å². The van der Waals surface area contributed by atoms with E-state index in [1.54, 1.807) is 6.07 Å². The highest BCUT2D eigenvalue weighted by molar-refractivity contribution is 5.94. The number of aromatic nitrogens is 1. The number of nitrogens with one attached hydrogen (secondary N) is 2. The molecule has 2 rings (SSSR count). The molecule has 0 unspecified atom stereocenters. The van der Waals surface area contributed by atoms with Crippen molar-refractivity contribution in [2.24, 2.45) is 0 Å². The Labute approximate surface area is 124 Å². The number of hydrogen-bond acceptors (Lipinski definition) is 2. The van der Waals surface area contributed by atoms with E-state index < -0.39 is 0 Å². The van der Waals surface area contributed by atoms with Gasteiger partial charge in [-0.25, -0.2) is 0 Å². The number of carbonyl (C=O) groups is 1. The molecule has 0 spiro atoms. The Hall–Kier alpha value is -2.36. The summed E-state index contributed by atoms with van der Waals surface area (Å²) in [4.78, 5) is 27.0. The van der Waals surface area contributed by atoms with Gasteiger partial charge in [-0.05, 0) is 37.5 Å². The van der Waals surface area contributed by atoms with Crippen LogP contribution in [0.15, 0.2) is 41.2 Å². The van der Waals surface area contributed by atoms with Crippen LogP contribution in [0.3, 0.4) is 0 Å². The molecule has 4 heteroatoms. The van der Waals surface area contributed by atoms with E-state index in [2.05, 4.69) is 10.3 Å². The summed E-state index contributed by atoms with van der Waals surface area (Å²) in [6.07, 6.45) is 0.775. The molecule has 0 saturated carbocycles. The molecule has 2 aromatic rings. The number of aromatic amines is 1. The van der Waals surface area contributed by atoms with Crippen LogP contribution in [0.1, 0.15) is 47.1 Å². The highest BCUT2D eigenvalue weighted by atomic mass is 16.2. The van der Waals surface area contributed by atoms with Crippen LogP contribution in [0, 0.1) is 6.92 Å². The zero-order valence-corrected chi connectivity index (χ0v) is 12.6. The molecule has 1 amide bonds. The summed E-state index contributed by atoms with van der Waals surface area (Å²) in [5.41, 5.74) is 2.62. The van der Waals surface area contributed by atoms with Crippen molar-refractivity contribution in [3.63, 3.8) is 0 Å². The maximum Gasteiger partial charge on any atom is 0.261 e. The molecule has 1 heterocycles. The summed E-state index contributed by atoms with van der Waals surface area (Å²) in [6, 6.07) is 11.2. The van der Waals surface area contributed by atoms with Gasteiger partial charge in [0.15, 0.2) is 0 Å². The normalized spacial score (nSPS) is 12.0. The van der Waals surface area contributed by atoms with Crippen molar-refractivity contribution in [2.45, 2.75) is 33.2 Å². The van der Waals surface area contributed by atoms with Crippen molar-refractivity contribution in [1.82, 2.24) is 10.3 Å². The molecule has 1 aromatic heterocycles. The molecule has 2 N–H and O–H groups in total. The van der Waals surface area contributed by atoms with E-state index in [1.165, 1.54) is 0 Å². The van der Waals surface area contributed by atoms with Gasteiger partial charge in [0.25, 0.3) is 11.5 Å². The zero-order chi connectivity index (χ0) is 15.4. The van der Waals surface area contributed by atoms with Crippen LogP contribution < -0.4 is 10.9 Å². The molecule has 0 bridgehead atoms.